The van der Waals surface area contributed by atoms with Gasteiger partial charge in [-0.05, 0) is 12.8 Å². The fourth-order valence-electron chi connectivity index (χ4n) is 0.696. The minimum absolute atomic E-state index is 0.0380. The van der Waals surface area contributed by atoms with Crippen LogP contribution < -0.4 is 0 Å². The van der Waals surface area contributed by atoms with Crippen LogP contribution in [-0.4, -0.2) is 23.8 Å². The van der Waals surface area contributed by atoms with E-state index in [0.29, 0.717) is 12.4 Å². The van der Waals surface area contributed by atoms with Gasteiger partial charge in [-0.25, -0.2) is 10.4 Å². The molecular formula is C7H12Cl2N2. The quantitative estimate of drug-likeness (QED) is 0.384. The van der Waals surface area contributed by atoms with E-state index in [4.69, 9.17) is 28.6 Å². The molecule has 0 aromatic carbocycles. The molecule has 0 saturated carbocycles. The van der Waals surface area contributed by atoms with Crippen molar-refractivity contribution in [2.45, 2.75) is 24.6 Å². The van der Waals surface area contributed by atoms with Gasteiger partial charge in [-0.3, -0.25) is 0 Å². The molecule has 0 radical (unpaired) electrons. The molecule has 64 valence electrons. The molecule has 1 atom stereocenters. The van der Waals surface area contributed by atoms with E-state index >= 15 is 0 Å². The van der Waals surface area contributed by atoms with Crippen molar-refractivity contribution in [3.63, 3.8) is 0 Å². The summed E-state index contributed by atoms with van der Waals surface area (Å²) in [6, 6.07) is 1.95. The maximum absolute atomic E-state index is 6.51. The zero-order valence-electron chi connectivity index (χ0n) is 6.32. The van der Waals surface area contributed by atoms with Crippen molar-refractivity contribution in [3.05, 3.63) is 0 Å². The lowest BCUT2D eigenvalue weighted by Gasteiger charge is -2.02. The first kappa shape index (κ1) is 11.0. The molecule has 0 aromatic rings. The number of rotatable bonds is 6. The van der Waals surface area contributed by atoms with E-state index in [2.05, 4.69) is 4.99 Å². The van der Waals surface area contributed by atoms with Crippen LogP contribution in [0.4, 0.5) is 0 Å². The van der Waals surface area contributed by atoms with Gasteiger partial charge in [0.2, 0.25) is 0 Å². The van der Waals surface area contributed by atoms with Crippen LogP contribution in [0.1, 0.15) is 19.3 Å². The van der Waals surface area contributed by atoms with Crippen LogP contribution >= 0.6 is 23.2 Å². The predicted octanol–water partition coefficient (Wildman–Crippen LogP) is 2.76. The SMILES string of the molecule is N=C=NCC(Cl)CCCCCl. The third-order valence-corrected chi connectivity index (χ3v) is 1.89. The van der Waals surface area contributed by atoms with Crippen molar-refractivity contribution in [1.82, 2.24) is 0 Å². The molecule has 0 spiro atoms. The molecule has 0 aliphatic rings. The van der Waals surface area contributed by atoms with Crippen molar-refractivity contribution in [1.29, 1.82) is 5.41 Å². The van der Waals surface area contributed by atoms with E-state index in [1.54, 1.807) is 0 Å². The summed E-state index contributed by atoms with van der Waals surface area (Å²) in [5.74, 6) is 0.692. The van der Waals surface area contributed by atoms with E-state index in [9.17, 15) is 0 Å². The van der Waals surface area contributed by atoms with Gasteiger partial charge in [-0.2, -0.15) is 0 Å². The summed E-state index contributed by atoms with van der Waals surface area (Å²) < 4.78 is 0. The first-order valence-electron chi connectivity index (χ1n) is 3.59. The average Bonchev–Trinajstić information content (AvgIpc) is 2.01. The zero-order chi connectivity index (χ0) is 8.53. The van der Waals surface area contributed by atoms with Gasteiger partial charge < -0.3 is 0 Å². The normalized spacial score (nSPS) is 12.2. The maximum Gasteiger partial charge on any atom is 0.0862 e. The fourth-order valence-corrected chi connectivity index (χ4v) is 1.11. The van der Waals surface area contributed by atoms with Gasteiger partial charge in [-0.1, -0.05) is 6.42 Å². The molecule has 1 N–H and O–H groups in total. The Bertz CT molecular complexity index is 132. The number of nitrogens with zero attached hydrogens (tertiary/aromatic N) is 1. The van der Waals surface area contributed by atoms with Gasteiger partial charge in [-0.15, -0.1) is 23.2 Å². The largest absolute Gasteiger partial charge is 0.242 e. The van der Waals surface area contributed by atoms with Crippen molar-refractivity contribution in [3.8, 4) is 0 Å². The molecule has 0 saturated heterocycles. The summed E-state index contributed by atoms with van der Waals surface area (Å²) in [5, 5.41) is 6.55. The molecule has 0 rings (SSSR count). The summed E-state index contributed by atoms with van der Waals surface area (Å²) >= 11 is 11.3. The van der Waals surface area contributed by atoms with Crippen molar-refractivity contribution < 1.29 is 0 Å². The molecule has 1 unspecified atom stereocenters. The highest BCUT2D eigenvalue weighted by atomic mass is 35.5. The van der Waals surface area contributed by atoms with Gasteiger partial charge >= 0.3 is 0 Å². The summed E-state index contributed by atoms with van der Waals surface area (Å²) in [6.07, 6.45) is 2.95. The zero-order valence-corrected chi connectivity index (χ0v) is 7.83. The molecule has 4 heteroatoms. The van der Waals surface area contributed by atoms with Crippen LogP contribution in [0.25, 0.3) is 0 Å². The lowest BCUT2D eigenvalue weighted by molar-refractivity contribution is 0.685. The van der Waals surface area contributed by atoms with Crippen molar-refractivity contribution in [2.24, 2.45) is 4.99 Å². The van der Waals surface area contributed by atoms with Gasteiger partial charge in [0.05, 0.1) is 17.9 Å². The molecular weight excluding hydrogens is 183 g/mol. The molecule has 0 heterocycles. The fraction of sp³-hybridized carbons (Fsp3) is 0.857. The first-order valence-corrected chi connectivity index (χ1v) is 4.56. The second-order valence-electron chi connectivity index (χ2n) is 2.23. The lowest BCUT2D eigenvalue weighted by Crippen LogP contribution is -2.02. The third-order valence-electron chi connectivity index (χ3n) is 1.27. The van der Waals surface area contributed by atoms with Crippen LogP contribution in [0.15, 0.2) is 4.99 Å². The minimum atomic E-state index is 0.0380. The Kier molecular flexibility index (Phi) is 8.03. The number of unbranched alkanes of at least 4 members (excludes halogenated alkanes) is 1. The average molecular weight is 195 g/mol. The molecule has 0 aromatic heterocycles. The highest BCUT2D eigenvalue weighted by molar-refractivity contribution is 6.20. The highest BCUT2D eigenvalue weighted by Gasteiger charge is 2.01. The summed E-state index contributed by atoms with van der Waals surface area (Å²) in [4.78, 5) is 3.60. The predicted molar refractivity (Wildman–Crippen MR) is 49.2 cm³/mol. The Hall–Kier alpha value is -0.0400. The van der Waals surface area contributed by atoms with Crippen LogP contribution in [0.5, 0.6) is 0 Å². The Balaban J connectivity index is 3.21. The molecule has 0 fully saturated rings. The maximum atomic E-state index is 6.51. The van der Waals surface area contributed by atoms with Crippen LogP contribution in [-0.2, 0) is 0 Å². The Morgan fingerprint density at radius 2 is 2.18 bits per heavy atom. The van der Waals surface area contributed by atoms with Crippen LogP contribution in [0.2, 0.25) is 0 Å². The molecule has 0 aliphatic carbocycles. The van der Waals surface area contributed by atoms with E-state index in [0.717, 1.165) is 19.3 Å². The van der Waals surface area contributed by atoms with Gasteiger partial charge in [0.15, 0.2) is 0 Å². The number of halogens is 2. The molecule has 0 bridgehead atoms. The second kappa shape index (κ2) is 8.06. The van der Waals surface area contributed by atoms with Crippen LogP contribution in [0, 0.1) is 5.41 Å². The van der Waals surface area contributed by atoms with Gasteiger partial charge in [0.1, 0.15) is 0 Å². The minimum Gasteiger partial charge on any atom is -0.242 e. The Labute approximate surface area is 77.1 Å². The molecule has 2 nitrogen and oxygen atoms in total. The number of hydrogen-bond acceptors (Lipinski definition) is 2. The number of nitrogens with one attached hydrogen (secondary N) is 1. The second-order valence-corrected chi connectivity index (χ2v) is 3.23. The smallest absolute Gasteiger partial charge is 0.0862 e. The topological polar surface area (TPSA) is 36.2 Å². The molecule has 0 aliphatic heterocycles. The number of alkyl halides is 2. The third kappa shape index (κ3) is 7.86. The van der Waals surface area contributed by atoms with E-state index in [1.807, 2.05) is 6.01 Å². The van der Waals surface area contributed by atoms with Crippen molar-refractivity contribution >= 4 is 29.2 Å². The molecule has 0 amide bonds. The Morgan fingerprint density at radius 1 is 1.45 bits per heavy atom. The van der Waals surface area contributed by atoms with Gasteiger partial charge in [0.25, 0.3) is 0 Å². The monoisotopic (exact) mass is 194 g/mol. The lowest BCUT2D eigenvalue weighted by atomic mass is 10.2. The van der Waals surface area contributed by atoms with E-state index in [-0.39, 0.29) is 5.38 Å². The molecule has 11 heavy (non-hydrogen) atoms. The van der Waals surface area contributed by atoms with E-state index in [1.165, 1.54) is 0 Å². The highest BCUT2D eigenvalue weighted by Crippen LogP contribution is 2.08. The summed E-state index contributed by atoms with van der Waals surface area (Å²) in [6.45, 7) is 0.493. The Morgan fingerprint density at radius 3 is 2.73 bits per heavy atom. The summed E-state index contributed by atoms with van der Waals surface area (Å²) in [7, 11) is 0. The number of aliphatic imine (C=N–C) groups is 1. The van der Waals surface area contributed by atoms with Crippen molar-refractivity contribution in [2.75, 3.05) is 12.4 Å². The standard InChI is InChI=1S/C7H12Cl2N2/c8-4-2-1-3-7(9)5-11-6-10/h7,10H,1-5H2. The summed E-state index contributed by atoms with van der Waals surface area (Å²) in [5.41, 5.74) is 0. The van der Waals surface area contributed by atoms with E-state index < -0.39 is 0 Å². The first-order chi connectivity index (χ1) is 5.31. The number of hydrogen-bond donors (Lipinski definition) is 1. The van der Waals surface area contributed by atoms with Gasteiger partial charge in [0, 0.05) is 5.88 Å². The van der Waals surface area contributed by atoms with Crippen LogP contribution in [0.3, 0.4) is 0 Å².